The first-order chi connectivity index (χ1) is 18.0. The lowest BCUT2D eigenvalue weighted by molar-refractivity contribution is -0.118. The van der Waals surface area contributed by atoms with Gasteiger partial charge in [-0.05, 0) is 36.2 Å². The van der Waals surface area contributed by atoms with E-state index in [0.717, 1.165) is 16.7 Å². The number of thiophene rings is 1. The summed E-state index contributed by atoms with van der Waals surface area (Å²) in [5.74, 6) is 0.933. The fraction of sp³-hybridized carbons (Fsp3) is 0.185. The van der Waals surface area contributed by atoms with Crippen molar-refractivity contribution in [2.24, 2.45) is 5.10 Å². The Morgan fingerprint density at radius 2 is 2.05 bits per heavy atom. The van der Waals surface area contributed by atoms with E-state index in [2.05, 4.69) is 17.1 Å². The van der Waals surface area contributed by atoms with Gasteiger partial charge in [0.2, 0.25) is 0 Å². The lowest BCUT2D eigenvalue weighted by Gasteiger charge is -2.10. The fourth-order valence-corrected chi connectivity index (χ4v) is 5.41. The molecule has 1 N–H and O–H groups in total. The van der Waals surface area contributed by atoms with Gasteiger partial charge in [0.1, 0.15) is 4.83 Å². The van der Waals surface area contributed by atoms with Gasteiger partial charge in [0.05, 0.1) is 31.1 Å². The molecule has 1 amide bonds. The third-order valence-corrected chi connectivity index (χ3v) is 7.13. The van der Waals surface area contributed by atoms with Gasteiger partial charge in [0.15, 0.2) is 16.7 Å². The normalized spacial score (nSPS) is 11.1. The van der Waals surface area contributed by atoms with E-state index in [1.807, 2.05) is 48.7 Å². The third-order valence-electron chi connectivity index (χ3n) is 5.28. The molecule has 8 nitrogen and oxygen atoms in total. The minimum absolute atomic E-state index is 0.0376. The number of thioether (sulfide) groups is 1. The number of methoxy groups -OCH3 is 1. The number of aromatic nitrogens is 2. The van der Waals surface area contributed by atoms with Crippen molar-refractivity contribution in [1.29, 1.82) is 0 Å². The van der Waals surface area contributed by atoms with Crippen molar-refractivity contribution < 1.29 is 14.3 Å². The molecule has 4 rings (SSSR count). The van der Waals surface area contributed by atoms with Crippen LogP contribution in [0, 0.1) is 0 Å². The molecule has 0 aliphatic rings. The summed E-state index contributed by atoms with van der Waals surface area (Å²) in [6.45, 7) is 6.48. The molecule has 0 radical (unpaired) electrons. The quantitative estimate of drug-likeness (QED) is 0.0961. The molecular weight excluding hydrogens is 508 g/mol. The summed E-state index contributed by atoms with van der Waals surface area (Å²) in [6, 6.07) is 15.1. The van der Waals surface area contributed by atoms with Crippen LogP contribution in [0.4, 0.5) is 0 Å². The van der Waals surface area contributed by atoms with Crippen LogP contribution < -0.4 is 20.5 Å². The molecule has 0 aliphatic carbocycles. The number of amides is 1. The predicted octanol–water partition coefficient (Wildman–Crippen LogP) is 4.96. The van der Waals surface area contributed by atoms with E-state index in [4.69, 9.17) is 14.5 Å². The standard InChI is InChI=1S/C27H26N4O4S2/c1-4-13-31-26(33)24-20(19-9-7-6-8-10-19)16-36-25(24)29-27(31)37-17-23(32)30-28-15-18-11-12-21(35-5-2)22(14-18)34-3/h4,6-12,14-16H,1,5,13,17H2,2-3H3,(H,30,32)/b28-15+. The number of fused-ring (bicyclic) bond motifs is 1. The van der Waals surface area contributed by atoms with Crippen molar-refractivity contribution >= 4 is 45.4 Å². The molecule has 10 heteroatoms. The van der Waals surface area contributed by atoms with Crippen LogP contribution in [0.15, 0.2) is 81.6 Å². The summed E-state index contributed by atoms with van der Waals surface area (Å²) in [7, 11) is 1.56. The van der Waals surface area contributed by atoms with Gasteiger partial charge in [0, 0.05) is 17.5 Å². The number of nitrogens with one attached hydrogen (secondary N) is 1. The summed E-state index contributed by atoms with van der Waals surface area (Å²) in [6.07, 6.45) is 3.17. The molecule has 0 fully saturated rings. The number of hydrogen-bond donors (Lipinski definition) is 1. The Kier molecular flexibility index (Phi) is 8.76. The minimum atomic E-state index is -0.324. The maximum Gasteiger partial charge on any atom is 0.263 e. The van der Waals surface area contributed by atoms with E-state index in [-0.39, 0.29) is 23.8 Å². The summed E-state index contributed by atoms with van der Waals surface area (Å²) < 4.78 is 12.4. The molecule has 2 aromatic heterocycles. The van der Waals surface area contributed by atoms with Gasteiger partial charge in [-0.25, -0.2) is 10.4 Å². The van der Waals surface area contributed by atoms with E-state index in [1.165, 1.54) is 29.3 Å². The van der Waals surface area contributed by atoms with Gasteiger partial charge < -0.3 is 9.47 Å². The molecule has 0 spiro atoms. The largest absolute Gasteiger partial charge is 0.493 e. The van der Waals surface area contributed by atoms with E-state index in [9.17, 15) is 9.59 Å². The number of rotatable bonds is 11. The summed E-state index contributed by atoms with van der Waals surface area (Å²) >= 11 is 2.59. The van der Waals surface area contributed by atoms with Gasteiger partial charge in [-0.3, -0.25) is 14.2 Å². The maximum atomic E-state index is 13.4. The average Bonchev–Trinajstić information content (AvgIpc) is 3.35. The zero-order valence-corrected chi connectivity index (χ0v) is 22.1. The second kappa shape index (κ2) is 12.4. The van der Waals surface area contributed by atoms with Crippen LogP contribution in [0.3, 0.4) is 0 Å². The number of hydrogen-bond acceptors (Lipinski definition) is 8. The Morgan fingerprint density at radius 3 is 2.78 bits per heavy atom. The smallest absolute Gasteiger partial charge is 0.263 e. The summed E-state index contributed by atoms with van der Waals surface area (Å²) in [4.78, 5) is 31.2. The zero-order valence-electron chi connectivity index (χ0n) is 20.5. The SMILES string of the molecule is C=CCn1c(SCC(=O)N/N=C/c2ccc(OCC)c(OC)c2)nc2scc(-c3ccccc3)c2c1=O. The number of allylic oxidation sites excluding steroid dienone is 1. The Balaban J connectivity index is 1.48. The molecule has 0 atom stereocenters. The van der Waals surface area contributed by atoms with E-state index in [0.29, 0.717) is 33.5 Å². The van der Waals surface area contributed by atoms with Crippen LogP contribution in [-0.2, 0) is 11.3 Å². The van der Waals surface area contributed by atoms with Gasteiger partial charge in [-0.1, -0.05) is 48.2 Å². The number of benzene rings is 2. The Labute approximate surface area is 222 Å². The molecule has 4 aromatic rings. The van der Waals surface area contributed by atoms with Crippen LogP contribution in [0.1, 0.15) is 12.5 Å². The van der Waals surface area contributed by atoms with Gasteiger partial charge in [-0.15, -0.1) is 17.9 Å². The molecule has 37 heavy (non-hydrogen) atoms. The van der Waals surface area contributed by atoms with Crippen molar-refractivity contribution in [3.8, 4) is 22.6 Å². The highest BCUT2D eigenvalue weighted by Crippen LogP contribution is 2.32. The van der Waals surface area contributed by atoms with Crippen molar-refractivity contribution in [3.05, 3.63) is 82.5 Å². The van der Waals surface area contributed by atoms with Gasteiger partial charge in [-0.2, -0.15) is 5.10 Å². The predicted molar refractivity (Wildman–Crippen MR) is 150 cm³/mol. The number of hydrazone groups is 1. The van der Waals surface area contributed by atoms with Crippen LogP contribution in [0.2, 0.25) is 0 Å². The zero-order chi connectivity index (χ0) is 26.2. The van der Waals surface area contributed by atoms with Crippen LogP contribution in [0.5, 0.6) is 11.5 Å². The molecule has 190 valence electrons. The first-order valence-electron chi connectivity index (χ1n) is 11.5. The fourth-order valence-electron chi connectivity index (χ4n) is 3.62. The second-order valence-corrected chi connectivity index (χ2v) is 9.52. The number of ether oxygens (including phenoxy) is 2. The molecule has 0 bridgehead atoms. The molecule has 0 saturated heterocycles. The van der Waals surface area contributed by atoms with E-state index < -0.39 is 0 Å². The number of carbonyl (C=O) groups is 1. The second-order valence-electron chi connectivity index (χ2n) is 7.72. The van der Waals surface area contributed by atoms with E-state index in [1.54, 1.807) is 29.9 Å². The topological polar surface area (TPSA) is 94.8 Å². The molecule has 0 unspecified atom stereocenters. The van der Waals surface area contributed by atoms with Crippen molar-refractivity contribution in [1.82, 2.24) is 15.0 Å². The number of nitrogens with zero attached hydrogens (tertiary/aromatic N) is 3. The molecule has 0 saturated carbocycles. The number of carbonyl (C=O) groups excluding carboxylic acids is 1. The minimum Gasteiger partial charge on any atom is -0.493 e. The highest BCUT2D eigenvalue weighted by Gasteiger charge is 2.17. The summed E-state index contributed by atoms with van der Waals surface area (Å²) in [5.41, 5.74) is 4.91. The molecule has 2 heterocycles. The molecular formula is C27H26N4O4S2. The highest BCUT2D eigenvalue weighted by molar-refractivity contribution is 7.99. The first-order valence-corrected chi connectivity index (χ1v) is 13.4. The Hall–Kier alpha value is -3.89. The van der Waals surface area contributed by atoms with Crippen LogP contribution in [-0.4, -0.2) is 41.1 Å². The van der Waals surface area contributed by atoms with Gasteiger partial charge >= 0.3 is 0 Å². The van der Waals surface area contributed by atoms with E-state index >= 15 is 0 Å². The maximum absolute atomic E-state index is 13.4. The summed E-state index contributed by atoms with van der Waals surface area (Å²) in [5, 5.41) is 7.00. The van der Waals surface area contributed by atoms with Crippen molar-refractivity contribution in [2.75, 3.05) is 19.5 Å². The average molecular weight is 535 g/mol. The first kappa shape index (κ1) is 26.2. The highest BCUT2D eigenvalue weighted by atomic mass is 32.2. The Morgan fingerprint density at radius 1 is 1.24 bits per heavy atom. The lowest BCUT2D eigenvalue weighted by Crippen LogP contribution is -2.24. The van der Waals surface area contributed by atoms with Crippen LogP contribution >= 0.6 is 23.1 Å². The molecule has 2 aromatic carbocycles. The lowest BCUT2D eigenvalue weighted by atomic mass is 10.1. The van der Waals surface area contributed by atoms with Crippen LogP contribution in [0.25, 0.3) is 21.3 Å². The Bertz CT molecular complexity index is 1500. The van der Waals surface area contributed by atoms with Crippen molar-refractivity contribution in [2.45, 2.75) is 18.6 Å². The van der Waals surface area contributed by atoms with Gasteiger partial charge in [0.25, 0.3) is 11.5 Å². The third kappa shape index (κ3) is 6.10. The van der Waals surface area contributed by atoms with Crippen molar-refractivity contribution in [3.63, 3.8) is 0 Å². The molecule has 0 aliphatic heterocycles. The monoisotopic (exact) mass is 534 g/mol.